The number of hydrogen-bond donors (Lipinski definition) is 0. The van der Waals surface area contributed by atoms with Crippen LogP contribution in [0.3, 0.4) is 0 Å². The SMILES string of the molecule is Cc1ccc(C(=O)C(C)OC(=O)c2cc(-c3ccc(N4C(=O)C5C6C=CC(C6)C5C4=O)cc3)nc3ccc(Br)cc23)cc1. The van der Waals surface area contributed by atoms with Crippen molar-refractivity contribution in [1.82, 2.24) is 4.98 Å². The summed E-state index contributed by atoms with van der Waals surface area (Å²) in [6.07, 6.45) is 4.05. The molecular weight excluding hydrogens is 608 g/mol. The molecule has 2 fully saturated rings. The summed E-state index contributed by atoms with van der Waals surface area (Å²) in [6, 6.07) is 21.3. The average Bonchev–Trinajstić information content (AvgIpc) is 3.70. The molecule has 0 spiro atoms. The monoisotopic (exact) mass is 634 g/mol. The molecule has 0 N–H and O–H groups in total. The van der Waals surface area contributed by atoms with E-state index in [-0.39, 0.29) is 46.8 Å². The lowest BCUT2D eigenvalue weighted by Crippen LogP contribution is -2.32. The van der Waals surface area contributed by atoms with Crippen LogP contribution in [0.2, 0.25) is 0 Å². The van der Waals surface area contributed by atoms with E-state index in [9.17, 15) is 19.2 Å². The second-order valence-electron chi connectivity index (χ2n) is 11.6. The minimum atomic E-state index is -0.992. The number of nitrogens with zero attached hydrogens (tertiary/aromatic N) is 2. The Bertz CT molecular complexity index is 1830. The largest absolute Gasteiger partial charge is 0.451 e. The highest BCUT2D eigenvalue weighted by molar-refractivity contribution is 9.10. The van der Waals surface area contributed by atoms with Gasteiger partial charge in [0.25, 0.3) is 0 Å². The lowest BCUT2D eigenvalue weighted by atomic mass is 9.85. The van der Waals surface area contributed by atoms with E-state index in [0.29, 0.717) is 33.4 Å². The summed E-state index contributed by atoms with van der Waals surface area (Å²) in [5.41, 5.74) is 4.10. The van der Waals surface area contributed by atoms with E-state index < -0.39 is 12.1 Å². The van der Waals surface area contributed by atoms with E-state index in [0.717, 1.165) is 16.5 Å². The van der Waals surface area contributed by atoms with Gasteiger partial charge in [0.15, 0.2) is 6.10 Å². The molecule has 2 heterocycles. The fraction of sp³-hybridized carbons (Fsp3) is 0.229. The average molecular weight is 636 g/mol. The molecule has 1 saturated carbocycles. The minimum absolute atomic E-state index is 0.131. The maximum absolute atomic E-state index is 13.5. The van der Waals surface area contributed by atoms with Crippen molar-refractivity contribution in [1.29, 1.82) is 0 Å². The van der Waals surface area contributed by atoms with Gasteiger partial charge in [-0.1, -0.05) is 70.0 Å². The fourth-order valence-corrected chi connectivity index (χ4v) is 7.04. The summed E-state index contributed by atoms with van der Waals surface area (Å²) < 4.78 is 6.44. The van der Waals surface area contributed by atoms with E-state index in [1.54, 1.807) is 61.5 Å². The Balaban J connectivity index is 1.18. The van der Waals surface area contributed by atoms with Crippen molar-refractivity contribution in [2.45, 2.75) is 26.4 Å². The van der Waals surface area contributed by atoms with Crippen LogP contribution in [0.4, 0.5) is 5.69 Å². The van der Waals surface area contributed by atoms with Crippen molar-refractivity contribution in [3.63, 3.8) is 0 Å². The van der Waals surface area contributed by atoms with E-state index in [1.807, 2.05) is 25.1 Å². The number of aromatic nitrogens is 1. The number of ether oxygens (including phenoxy) is 1. The molecule has 2 bridgehead atoms. The van der Waals surface area contributed by atoms with Crippen LogP contribution < -0.4 is 4.90 Å². The number of fused-ring (bicyclic) bond motifs is 6. The first-order chi connectivity index (χ1) is 20.7. The smallest absolute Gasteiger partial charge is 0.339 e. The van der Waals surface area contributed by atoms with Crippen LogP contribution in [0.15, 0.2) is 89.4 Å². The van der Waals surface area contributed by atoms with Crippen molar-refractivity contribution in [3.05, 3.63) is 106 Å². The van der Waals surface area contributed by atoms with Gasteiger partial charge in [-0.2, -0.15) is 0 Å². The number of imide groups is 1. The standard InChI is InChI=1S/C35H27BrN2O5/c1-18-3-5-21(6-4-18)32(39)19(2)43-35(42)27-17-29(37-28-14-11-24(36)16-26(27)28)20-9-12-25(13-10-20)38-33(40)30-22-7-8-23(15-22)31(30)34(38)41/h3-14,16-17,19,22-23,30-31H,15H2,1-2H3. The zero-order chi connectivity index (χ0) is 30.0. The van der Waals surface area contributed by atoms with Crippen LogP contribution in [-0.4, -0.2) is 34.7 Å². The number of carbonyl (C=O) groups is 4. The number of hydrogen-bond acceptors (Lipinski definition) is 6. The van der Waals surface area contributed by atoms with Crippen molar-refractivity contribution < 1.29 is 23.9 Å². The van der Waals surface area contributed by atoms with Crippen LogP contribution in [0.5, 0.6) is 0 Å². The fourth-order valence-electron chi connectivity index (χ4n) is 6.68. The molecule has 3 aliphatic rings. The molecule has 43 heavy (non-hydrogen) atoms. The zero-order valence-corrected chi connectivity index (χ0v) is 25.1. The summed E-state index contributed by atoms with van der Waals surface area (Å²) in [5, 5.41) is 0.581. The Morgan fingerprint density at radius 2 is 1.56 bits per heavy atom. The normalized spacial score (nSPS) is 22.7. The van der Waals surface area contributed by atoms with Gasteiger partial charge in [0.2, 0.25) is 17.6 Å². The number of benzene rings is 3. The Labute approximate surface area is 256 Å². The van der Waals surface area contributed by atoms with E-state index in [1.165, 1.54) is 4.90 Å². The molecule has 214 valence electrons. The first kappa shape index (κ1) is 27.4. The Kier molecular flexibility index (Phi) is 6.62. The second kappa shape index (κ2) is 10.4. The van der Waals surface area contributed by atoms with E-state index in [4.69, 9.17) is 9.72 Å². The third kappa shape index (κ3) is 4.61. The number of Topliss-reactive ketones (excluding diaryl/α,β-unsaturated/α-hetero) is 1. The highest BCUT2D eigenvalue weighted by Crippen LogP contribution is 2.53. The van der Waals surface area contributed by atoms with Gasteiger partial charge < -0.3 is 4.74 Å². The first-order valence-electron chi connectivity index (χ1n) is 14.3. The first-order valence-corrected chi connectivity index (χ1v) is 15.1. The Morgan fingerprint density at radius 1 is 0.907 bits per heavy atom. The van der Waals surface area contributed by atoms with Crippen LogP contribution in [0.1, 0.15) is 39.6 Å². The Hall–Kier alpha value is -4.43. The summed E-state index contributed by atoms with van der Waals surface area (Å²) >= 11 is 3.47. The third-order valence-corrected chi connectivity index (χ3v) is 9.36. The molecule has 2 amide bonds. The zero-order valence-electron chi connectivity index (χ0n) is 23.5. The number of ketones is 1. The van der Waals surface area contributed by atoms with Crippen molar-refractivity contribution in [3.8, 4) is 11.3 Å². The van der Waals surface area contributed by atoms with E-state index in [2.05, 4.69) is 28.1 Å². The number of rotatable bonds is 6. The highest BCUT2D eigenvalue weighted by Gasteiger charge is 2.59. The number of carbonyl (C=O) groups excluding carboxylic acids is 4. The van der Waals surface area contributed by atoms with Gasteiger partial charge in [-0.3, -0.25) is 19.3 Å². The number of aryl methyl sites for hydroxylation is 1. The Morgan fingerprint density at radius 3 is 2.21 bits per heavy atom. The maximum Gasteiger partial charge on any atom is 0.339 e. The molecule has 5 atom stereocenters. The molecule has 7 nitrogen and oxygen atoms in total. The van der Waals surface area contributed by atoms with Gasteiger partial charge in [-0.25, -0.2) is 9.78 Å². The van der Waals surface area contributed by atoms with Gasteiger partial charge in [0, 0.05) is 21.0 Å². The number of anilines is 1. The van der Waals surface area contributed by atoms with Gasteiger partial charge in [0.05, 0.1) is 34.3 Å². The molecule has 3 aromatic carbocycles. The summed E-state index contributed by atoms with van der Waals surface area (Å²) in [6.45, 7) is 3.50. The molecule has 7 rings (SSSR count). The quantitative estimate of drug-likeness (QED) is 0.101. The van der Waals surface area contributed by atoms with Crippen molar-refractivity contribution in [2.24, 2.45) is 23.7 Å². The molecule has 4 aromatic rings. The molecule has 5 unspecified atom stereocenters. The number of allylic oxidation sites excluding steroid dienone is 2. The molecule has 8 heteroatoms. The van der Waals surface area contributed by atoms with Gasteiger partial charge in [-0.05, 0) is 68.5 Å². The third-order valence-electron chi connectivity index (χ3n) is 8.87. The van der Waals surface area contributed by atoms with Crippen LogP contribution in [0, 0.1) is 30.6 Å². The van der Waals surface area contributed by atoms with Gasteiger partial charge >= 0.3 is 5.97 Å². The molecule has 2 aliphatic carbocycles. The molecule has 1 saturated heterocycles. The van der Waals surface area contributed by atoms with Crippen LogP contribution in [0.25, 0.3) is 22.2 Å². The summed E-state index contributed by atoms with van der Waals surface area (Å²) in [4.78, 5) is 59.1. The summed E-state index contributed by atoms with van der Waals surface area (Å²) in [5.74, 6) is -1.44. The topological polar surface area (TPSA) is 93.6 Å². The van der Waals surface area contributed by atoms with Crippen LogP contribution >= 0.6 is 15.9 Å². The van der Waals surface area contributed by atoms with Gasteiger partial charge in [0.1, 0.15) is 0 Å². The number of pyridine rings is 1. The second-order valence-corrected chi connectivity index (χ2v) is 12.5. The minimum Gasteiger partial charge on any atom is -0.451 e. The molecule has 1 aromatic heterocycles. The van der Waals surface area contributed by atoms with Gasteiger partial charge in [-0.15, -0.1) is 0 Å². The van der Waals surface area contributed by atoms with Crippen LogP contribution in [-0.2, 0) is 14.3 Å². The number of halogens is 1. The van der Waals surface area contributed by atoms with Crippen molar-refractivity contribution in [2.75, 3.05) is 4.90 Å². The molecule has 0 radical (unpaired) electrons. The highest BCUT2D eigenvalue weighted by atomic mass is 79.9. The van der Waals surface area contributed by atoms with Crippen molar-refractivity contribution >= 4 is 56.1 Å². The molecule has 1 aliphatic heterocycles. The predicted octanol–water partition coefficient (Wildman–Crippen LogP) is 6.71. The number of amides is 2. The summed E-state index contributed by atoms with van der Waals surface area (Å²) in [7, 11) is 0. The number of esters is 1. The lowest BCUT2D eigenvalue weighted by Gasteiger charge is -2.18. The lowest BCUT2D eigenvalue weighted by molar-refractivity contribution is -0.123. The maximum atomic E-state index is 13.5. The predicted molar refractivity (Wildman–Crippen MR) is 165 cm³/mol. The molecular formula is C35H27BrN2O5. The van der Waals surface area contributed by atoms with E-state index >= 15 is 0 Å².